The van der Waals surface area contributed by atoms with E-state index >= 15 is 0 Å². The monoisotopic (exact) mass is 297 g/mol. The van der Waals surface area contributed by atoms with Crippen molar-refractivity contribution in [2.75, 3.05) is 23.8 Å². The van der Waals surface area contributed by atoms with E-state index in [1.807, 2.05) is 11.8 Å². The Morgan fingerprint density at radius 2 is 2.16 bits per heavy atom. The zero-order valence-electron chi connectivity index (χ0n) is 10.8. The van der Waals surface area contributed by atoms with Gasteiger partial charge in [-0.3, -0.25) is 0 Å². The molecule has 104 valence electrons. The van der Waals surface area contributed by atoms with Gasteiger partial charge in [0, 0.05) is 29.2 Å². The van der Waals surface area contributed by atoms with Gasteiger partial charge in [-0.1, -0.05) is 18.2 Å². The van der Waals surface area contributed by atoms with Crippen LogP contribution in [0.25, 0.3) is 0 Å². The molecule has 0 amide bonds. The predicted molar refractivity (Wildman–Crippen MR) is 79.6 cm³/mol. The number of nitrogens with one attached hydrogen (secondary N) is 1. The maximum atomic E-state index is 11.6. The van der Waals surface area contributed by atoms with E-state index in [1.165, 1.54) is 10.5 Å². The molecule has 1 N–H and O–H groups in total. The fraction of sp³-hybridized carbons (Fsp3) is 0.571. The molecule has 0 saturated carbocycles. The normalized spacial score (nSPS) is 29.1. The number of hydrogen-bond acceptors (Lipinski definition) is 4. The molecular formula is C14H19NO2S2. The SMILES string of the molecule is O=S1(=O)CCCC(NCC2CSc3ccccc32)C1. The molecule has 1 aromatic carbocycles. The summed E-state index contributed by atoms with van der Waals surface area (Å²) in [7, 11) is -2.81. The van der Waals surface area contributed by atoms with Crippen molar-refractivity contribution in [3.63, 3.8) is 0 Å². The van der Waals surface area contributed by atoms with Crippen molar-refractivity contribution in [3.05, 3.63) is 29.8 Å². The van der Waals surface area contributed by atoms with E-state index in [1.54, 1.807) is 0 Å². The summed E-state index contributed by atoms with van der Waals surface area (Å²) >= 11 is 1.90. The van der Waals surface area contributed by atoms with Crippen LogP contribution in [0, 0.1) is 0 Å². The van der Waals surface area contributed by atoms with Crippen LogP contribution < -0.4 is 5.32 Å². The molecule has 0 aromatic heterocycles. The van der Waals surface area contributed by atoms with Crippen molar-refractivity contribution < 1.29 is 8.42 Å². The molecule has 2 atom stereocenters. The van der Waals surface area contributed by atoms with E-state index in [9.17, 15) is 8.42 Å². The van der Waals surface area contributed by atoms with E-state index in [2.05, 4.69) is 29.6 Å². The van der Waals surface area contributed by atoms with Crippen molar-refractivity contribution in [3.8, 4) is 0 Å². The third-order valence-corrected chi connectivity index (χ3v) is 6.99. The Kier molecular flexibility index (Phi) is 3.87. The molecular weight excluding hydrogens is 278 g/mol. The van der Waals surface area contributed by atoms with Crippen LogP contribution in [0.15, 0.2) is 29.2 Å². The quantitative estimate of drug-likeness (QED) is 0.927. The molecule has 2 aliphatic heterocycles. The summed E-state index contributed by atoms with van der Waals surface area (Å²) in [5, 5.41) is 3.47. The number of benzene rings is 1. The Hall–Kier alpha value is -0.520. The lowest BCUT2D eigenvalue weighted by Crippen LogP contribution is -2.41. The molecule has 2 heterocycles. The summed E-state index contributed by atoms with van der Waals surface area (Å²) < 4.78 is 23.2. The Bertz CT molecular complexity index is 556. The van der Waals surface area contributed by atoms with Crippen LogP contribution in [0.3, 0.4) is 0 Å². The second kappa shape index (κ2) is 5.46. The summed E-state index contributed by atoms with van der Waals surface area (Å²) in [6.45, 7) is 0.893. The largest absolute Gasteiger partial charge is 0.312 e. The molecule has 0 aliphatic carbocycles. The molecule has 0 radical (unpaired) electrons. The molecule has 3 nitrogen and oxygen atoms in total. The standard InChI is InChI=1S/C14H19NO2S2/c16-19(17)7-3-4-12(10-19)15-8-11-9-18-14-6-2-1-5-13(11)14/h1-2,5-6,11-12,15H,3-4,7-10H2. The van der Waals surface area contributed by atoms with Crippen molar-refractivity contribution in [1.82, 2.24) is 5.32 Å². The zero-order valence-corrected chi connectivity index (χ0v) is 12.5. The van der Waals surface area contributed by atoms with Crippen LogP contribution in [0.1, 0.15) is 24.3 Å². The number of hydrogen-bond donors (Lipinski definition) is 1. The molecule has 19 heavy (non-hydrogen) atoms. The van der Waals surface area contributed by atoms with Gasteiger partial charge < -0.3 is 5.32 Å². The van der Waals surface area contributed by atoms with E-state index in [0.717, 1.165) is 25.1 Å². The fourth-order valence-corrected chi connectivity index (χ4v) is 5.82. The lowest BCUT2D eigenvalue weighted by atomic mass is 10.0. The van der Waals surface area contributed by atoms with Gasteiger partial charge in [0.2, 0.25) is 0 Å². The van der Waals surface area contributed by atoms with Gasteiger partial charge in [0.15, 0.2) is 9.84 Å². The first-order chi connectivity index (χ1) is 9.14. The van der Waals surface area contributed by atoms with Crippen molar-refractivity contribution in [1.29, 1.82) is 0 Å². The van der Waals surface area contributed by atoms with E-state index in [-0.39, 0.29) is 6.04 Å². The van der Waals surface area contributed by atoms with Gasteiger partial charge >= 0.3 is 0 Å². The number of sulfone groups is 1. The average molecular weight is 297 g/mol. The Morgan fingerprint density at radius 1 is 1.32 bits per heavy atom. The van der Waals surface area contributed by atoms with Crippen LogP contribution in [0.2, 0.25) is 0 Å². The molecule has 0 spiro atoms. The number of fused-ring (bicyclic) bond motifs is 1. The minimum Gasteiger partial charge on any atom is -0.312 e. The molecule has 2 unspecified atom stereocenters. The highest BCUT2D eigenvalue weighted by Gasteiger charge is 2.27. The van der Waals surface area contributed by atoms with Crippen molar-refractivity contribution in [2.24, 2.45) is 0 Å². The highest BCUT2D eigenvalue weighted by atomic mass is 32.2. The lowest BCUT2D eigenvalue weighted by Gasteiger charge is -2.24. The topological polar surface area (TPSA) is 46.2 Å². The highest BCUT2D eigenvalue weighted by Crippen LogP contribution is 2.38. The van der Waals surface area contributed by atoms with E-state index < -0.39 is 9.84 Å². The van der Waals surface area contributed by atoms with Crippen LogP contribution in [-0.4, -0.2) is 38.3 Å². The number of rotatable bonds is 3. The van der Waals surface area contributed by atoms with Gasteiger partial charge in [-0.15, -0.1) is 11.8 Å². The molecule has 0 bridgehead atoms. The first kappa shape index (κ1) is 13.5. The summed E-state index contributed by atoms with van der Waals surface area (Å²) in [6.07, 6.45) is 1.79. The average Bonchev–Trinajstić information content (AvgIpc) is 2.78. The van der Waals surface area contributed by atoms with E-state index in [4.69, 9.17) is 0 Å². The third-order valence-electron chi connectivity index (χ3n) is 3.91. The summed E-state index contributed by atoms with van der Waals surface area (Å²) in [5.41, 5.74) is 1.42. The van der Waals surface area contributed by atoms with Crippen LogP contribution in [0.5, 0.6) is 0 Å². The lowest BCUT2D eigenvalue weighted by molar-refractivity contribution is 0.468. The Labute approximate surface area is 119 Å². The minimum absolute atomic E-state index is 0.150. The van der Waals surface area contributed by atoms with Gasteiger partial charge in [0.05, 0.1) is 11.5 Å². The maximum Gasteiger partial charge on any atom is 0.151 e. The fourth-order valence-electron chi connectivity index (χ4n) is 2.89. The number of thioether (sulfide) groups is 1. The van der Waals surface area contributed by atoms with Crippen molar-refractivity contribution in [2.45, 2.75) is 29.7 Å². The third kappa shape index (κ3) is 3.15. The highest BCUT2D eigenvalue weighted by molar-refractivity contribution is 7.99. The van der Waals surface area contributed by atoms with Gasteiger partial charge in [-0.25, -0.2) is 8.42 Å². The van der Waals surface area contributed by atoms with Crippen LogP contribution >= 0.6 is 11.8 Å². The molecule has 1 saturated heterocycles. The zero-order chi connectivity index (χ0) is 13.3. The van der Waals surface area contributed by atoms with Gasteiger partial charge in [-0.05, 0) is 24.5 Å². The molecule has 2 aliphatic rings. The van der Waals surface area contributed by atoms with E-state index in [0.29, 0.717) is 17.4 Å². The Morgan fingerprint density at radius 3 is 3.00 bits per heavy atom. The van der Waals surface area contributed by atoms with Crippen LogP contribution in [0.4, 0.5) is 0 Å². The second-order valence-corrected chi connectivity index (χ2v) is 8.70. The van der Waals surface area contributed by atoms with Gasteiger partial charge in [-0.2, -0.15) is 0 Å². The second-order valence-electron chi connectivity index (χ2n) is 5.41. The first-order valence-corrected chi connectivity index (χ1v) is 9.60. The first-order valence-electron chi connectivity index (χ1n) is 6.79. The summed E-state index contributed by atoms with van der Waals surface area (Å²) in [6, 6.07) is 8.68. The minimum atomic E-state index is -2.81. The van der Waals surface area contributed by atoms with Gasteiger partial charge in [0.25, 0.3) is 0 Å². The molecule has 5 heteroatoms. The predicted octanol–water partition coefficient (Wildman–Crippen LogP) is 2.04. The maximum absolute atomic E-state index is 11.6. The van der Waals surface area contributed by atoms with Gasteiger partial charge in [0.1, 0.15) is 0 Å². The van der Waals surface area contributed by atoms with Crippen molar-refractivity contribution >= 4 is 21.6 Å². The molecule has 1 aromatic rings. The van der Waals surface area contributed by atoms with Crippen LogP contribution in [-0.2, 0) is 9.84 Å². The molecule has 3 rings (SSSR count). The summed E-state index contributed by atoms with van der Waals surface area (Å²) in [5.74, 6) is 2.30. The summed E-state index contributed by atoms with van der Waals surface area (Å²) in [4.78, 5) is 1.38. The smallest absolute Gasteiger partial charge is 0.151 e. The Balaban J connectivity index is 1.59. The molecule has 1 fully saturated rings.